The fraction of sp³-hybridized carbons (Fsp3) is 0.625. The van der Waals surface area contributed by atoms with E-state index in [-0.39, 0.29) is 0 Å². The SMILES string of the molecule is CCCc1cccc(C(C)(O)CC2CCC2)c1. The van der Waals surface area contributed by atoms with Gasteiger partial charge in [-0.25, -0.2) is 0 Å². The summed E-state index contributed by atoms with van der Waals surface area (Å²) in [5.41, 5.74) is 1.80. The van der Waals surface area contributed by atoms with E-state index in [0.29, 0.717) is 0 Å². The maximum atomic E-state index is 10.6. The summed E-state index contributed by atoms with van der Waals surface area (Å²) in [5, 5.41) is 10.6. The number of aryl methyl sites for hydroxylation is 1. The standard InChI is InChI=1S/C16H24O/c1-3-6-13-7-5-10-15(11-13)16(2,17)12-14-8-4-9-14/h5,7,10-11,14,17H,3-4,6,8-9,12H2,1-2H3. The highest BCUT2D eigenvalue weighted by atomic mass is 16.3. The quantitative estimate of drug-likeness (QED) is 0.812. The van der Waals surface area contributed by atoms with Crippen LogP contribution < -0.4 is 0 Å². The second kappa shape index (κ2) is 5.22. The first kappa shape index (κ1) is 12.6. The second-order valence-electron chi connectivity index (χ2n) is 5.73. The Hall–Kier alpha value is -0.820. The van der Waals surface area contributed by atoms with E-state index in [9.17, 15) is 5.11 Å². The number of benzene rings is 1. The third kappa shape index (κ3) is 3.10. The van der Waals surface area contributed by atoms with Crippen LogP contribution >= 0.6 is 0 Å². The zero-order chi connectivity index (χ0) is 12.3. The van der Waals surface area contributed by atoms with Crippen molar-refractivity contribution in [3.63, 3.8) is 0 Å². The van der Waals surface area contributed by atoms with Gasteiger partial charge in [0.2, 0.25) is 0 Å². The molecule has 1 nitrogen and oxygen atoms in total. The summed E-state index contributed by atoms with van der Waals surface area (Å²) >= 11 is 0. The molecule has 17 heavy (non-hydrogen) atoms. The van der Waals surface area contributed by atoms with E-state index in [2.05, 4.69) is 31.2 Å². The van der Waals surface area contributed by atoms with Gasteiger partial charge in [0.15, 0.2) is 0 Å². The van der Waals surface area contributed by atoms with E-state index >= 15 is 0 Å². The molecule has 1 aliphatic carbocycles. The van der Waals surface area contributed by atoms with Gasteiger partial charge in [-0.3, -0.25) is 0 Å². The average Bonchev–Trinajstić information content (AvgIpc) is 2.25. The van der Waals surface area contributed by atoms with Gasteiger partial charge in [0, 0.05) is 0 Å². The Labute approximate surface area is 105 Å². The van der Waals surface area contributed by atoms with Gasteiger partial charge in [0.25, 0.3) is 0 Å². The van der Waals surface area contributed by atoms with Gasteiger partial charge in [-0.05, 0) is 36.8 Å². The molecule has 0 bridgehead atoms. The van der Waals surface area contributed by atoms with Gasteiger partial charge in [-0.2, -0.15) is 0 Å². The van der Waals surface area contributed by atoms with Crippen LogP contribution in [0, 0.1) is 5.92 Å². The van der Waals surface area contributed by atoms with Gasteiger partial charge in [-0.1, -0.05) is 56.9 Å². The van der Waals surface area contributed by atoms with Gasteiger partial charge in [0.1, 0.15) is 0 Å². The third-order valence-corrected chi connectivity index (χ3v) is 4.00. The van der Waals surface area contributed by atoms with E-state index in [0.717, 1.165) is 30.7 Å². The van der Waals surface area contributed by atoms with Gasteiger partial charge in [-0.15, -0.1) is 0 Å². The summed E-state index contributed by atoms with van der Waals surface area (Å²) in [5.74, 6) is 0.736. The highest BCUT2D eigenvalue weighted by Gasteiger charge is 2.30. The molecular formula is C16H24O. The van der Waals surface area contributed by atoms with Gasteiger partial charge < -0.3 is 5.11 Å². The highest BCUT2D eigenvalue weighted by molar-refractivity contribution is 5.28. The van der Waals surface area contributed by atoms with Crippen molar-refractivity contribution >= 4 is 0 Å². The maximum absolute atomic E-state index is 10.6. The number of rotatable bonds is 5. The minimum Gasteiger partial charge on any atom is -0.385 e. The van der Waals surface area contributed by atoms with Crippen LogP contribution in [0.4, 0.5) is 0 Å². The van der Waals surface area contributed by atoms with Crippen LogP contribution in [0.1, 0.15) is 57.1 Å². The van der Waals surface area contributed by atoms with Crippen molar-refractivity contribution in [2.45, 2.75) is 58.0 Å². The molecule has 1 N–H and O–H groups in total. The molecule has 1 aromatic rings. The molecule has 0 amide bonds. The largest absolute Gasteiger partial charge is 0.385 e. The van der Waals surface area contributed by atoms with Crippen molar-refractivity contribution in [1.82, 2.24) is 0 Å². The monoisotopic (exact) mass is 232 g/mol. The van der Waals surface area contributed by atoms with E-state index in [1.54, 1.807) is 0 Å². The smallest absolute Gasteiger partial charge is 0.0871 e. The lowest BCUT2D eigenvalue weighted by Gasteiger charge is -2.34. The van der Waals surface area contributed by atoms with E-state index in [4.69, 9.17) is 0 Å². The summed E-state index contributed by atoms with van der Waals surface area (Å²) in [7, 11) is 0. The molecule has 94 valence electrons. The van der Waals surface area contributed by atoms with Crippen molar-refractivity contribution < 1.29 is 5.11 Å². The summed E-state index contributed by atoms with van der Waals surface area (Å²) in [4.78, 5) is 0. The van der Waals surface area contributed by atoms with Crippen molar-refractivity contribution in [2.75, 3.05) is 0 Å². The van der Waals surface area contributed by atoms with Crippen LogP contribution in [0.25, 0.3) is 0 Å². The summed E-state index contributed by atoms with van der Waals surface area (Å²) < 4.78 is 0. The Bertz CT molecular complexity index is 364. The maximum Gasteiger partial charge on any atom is 0.0871 e. The lowest BCUT2D eigenvalue weighted by atomic mass is 9.75. The topological polar surface area (TPSA) is 20.2 Å². The van der Waals surface area contributed by atoms with Crippen LogP contribution in [0.3, 0.4) is 0 Å². The minimum absolute atomic E-state index is 0.644. The van der Waals surface area contributed by atoms with Crippen LogP contribution in [-0.2, 0) is 12.0 Å². The Morgan fingerprint density at radius 1 is 1.35 bits per heavy atom. The van der Waals surface area contributed by atoms with E-state index in [1.807, 2.05) is 6.92 Å². The summed E-state index contributed by atoms with van der Waals surface area (Å²) in [6, 6.07) is 8.49. The van der Waals surface area contributed by atoms with Crippen molar-refractivity contribution in [2.24, 2.45) is 5.92 Å². The van der Waals surface area contributed by atoms with Gasteiger partial charge >= 0.3 is 0 Å². The number of hydrogen-bond acceptors (Lipinski definition) is 1. The average molecular weight is 232 g/mol. The fourth-order valence-corrected chi connectivity index (χ4v) is 2.73. The first-order valence-corrected chi connectivity index (χ1v) is 6.93. The van der Waals surface area contributed by atoms with Crippen molar-refractivity contribution in [3.05, 3.63) is 35.4 Å². The number of aliphatic hydroxyl groups is 1. The Balaban J connectivity index is 2.10. The molecule has 1 fully saturated rings. The Kier molecular flexibility index (Phi) is 3.88. The molecule has 0 aromatic heterocycles. The zero-order valence-corrected chi connectivity index (χ0v) is 11.1. The zero-order valence-electron chi connectivity index (χ0n) is 11.1. The van der Waals surface area contributed by atoms with Crippen LogP contribution in [0.15, 0.2) is 24.3 Å². The van der Waals surface area contributed by atoms with Crippen molar-refractivity contribution in [3.8, 4) is 0 Å². The molecule has 1 aromatic carbocycles. The molecule has 1 saturated carbocycles. The summed E-state index contributed by atoms with van der Waals surface area (Å²) in [6.07, 6.45) is 7.12. The predicted molar refractivity (Wildman–Crippen MR) is 72.0 cm³/mol. The molecule has 2 rings (SSSR count). The van der Waals surface area contributed by atoms with Gasteiger partial charge in [0.05, 0.1) is 5.60 Å². The van der Waals surface area contributed by atoms with E-state index < -0.39 is 5.60 Å². The third-order valence-electron chi connectivity index (χ3n) is 4.00. The lowest BCUT2D eigenvalue weighted by molar-refractivity contribution is 0.0161. The Morgan fingerprint density at radius 2 is 2.12 bits per heavy atom. The second-order valence-corrected chi connectivity index (χ2v) is 5.73. The molecule has 1 heteroatoms. The first-order chi connectivity index (χ1) is 8.12. The lowest BCUT2D eigenvalue weighted by Crippen LogP contribution is -2.28. The molecular weight excluding hydrogens is 208 g/mol. The minimum atomic E-state index is -0.644. The van der Waals surface area contributed by atoms with Crippen LogP contribution in [0.5, 0.6) is 0 Å². The summed E-state index contributed by atoms with van der Waals surface area (Å²) in [6.45, 7) is 4.16. The Morgan fingerprint density at radius 3 is 2.71 bits per heavy atom. The van der Waals surface area contributed by atoms with Crippen LogP contribution in [0.2, 0.25) is 0 Å². The molecule has 0 saturated heterocycles. The normalized spacial score (nSPS) is 19.7. The van der Waals surface area contributed by atoms with Crippen molar-refractivity contribution in [1.29, 1.82) is 0 Å². The van der Waals surface area contributed by atoms with Crippen LogP contribution in [-0.4, -0.2) is 5.11 Å². The number of hydrogen-bond donors (Lipinski definition) is 1. The predicted octanol–water partition coefficient (Wildman–Crippen LogP) is 4.04. The molecule has 0 radical (unpaired) electrons. The first-order valence-electron chi connectivity index (χ1n) is 6.93. The molecule has 1 unspecified atom stereocenters. The highest BCUT2D eigenvalue weighted by Crippen LogP contribution is 2.38. The molecule has 1 aliphatic rings. The fourth-order valence-electron chi connectivity index (χ4n) is 2.73. The molecule has 0 spiro atoms. The molecule has 0 aliphatic heterocycles. The molecule has 0 heterocycles. The van der Waals surface area contributed by atoms with E-state index in [1.165, 1.54) is 24.8 Å². The molecule has 1 atom stereocenters.